The van der Waals surface area contributed by atoms with Crippen molar-refractivity contribution in [3.05, 3.63) is 0 Å². The number of hydrogen-bond acceptors (Lipinski definition) is 5. The largest absolute Gasteiger partial charge is 0.508 e. The predicted molar refractivity (Wildman–Crippen MR) is 31.9 cm³/mol. The molecule has 5 heteroatoms. The van der Waals surface area contributed by atoms with Crippen LogP contribution in [0.15, 0.2) is 0 Å². The number of carbonyl (C=O) groups excluding carboxylic acids is 1. The van der Waals surface area contributed by atoms with Crippen LogP contribution >= 0.6 is 0 Å². The van der Waals surface area contributed by atoms with E-state index in [-0.39, 0.29) is 32.2 Å². The van der Waals surface area contributed by atoms with Crippen molar-refractivity contribution in [2.75, 3.05) is 20.0 Å². The Balaban J connectivity index is 2.00. The predicted octanol–water partition coefficient (Wildman–Crippen LogP) is -0.105. The highest BCUT2D eigenvalue weighted by atomic mass is 16.8. The van der Waals surface area contributed by atoms with Gasteiger partial charge in [0.1, 0.15) is 32.2 Å². The third kappa shape index (κ3) is 1.29. The van der Waals surface area contributed by atoms with Gasteiger partial charge in [0.15, 0.2) is 0 Å². The van der Waals surface area contributed by atoms with Crippen molar-refractivity contribution in [3.63, 3.8) is 0 Å². The molecule has 2 saturated heterocycles. The lowest BCUT2D eigenvalue weighted by Gasteiger charge is -2.08. The van der Waals surface area contributed by atoms with E-state index in [1.165, 1.54) is 0 Å². The smallest absolute Gasteiger partial charge is 0.431 e. The van der Waals surface area contributed by atoms with Gasteiger partial charge >= 0.3 is 6.16 Å². The van der Waals surface area contributed by atoms with Gasteiger partial charge < -0.3 is 18.9 Å². The normalized spacial score (nSPS) is 36.9. The Bertz CT molecular complexity index is 152. The van der Waals surface area contributed by atoms with Crippen LogP contribution in [-0.2, 0) is 18.9 Å². The van der Waals surface area contributed by atoms with E-state index in [4.69, 9.17) is 9.47 Å². The number of hydrogen-bond donors (Lipinski definition) is 0. The molecule has 11 heavy (non-hydrogen) atoms. The van der Waals surface area contributed by atoms with Crippen molar-refractivity contribution in [1.82, 2.24) is 0 Å². The fourth-order valence-electron chi connectivity index (χ4n) is 1.08. The molecule has 0 aromatic carbocycles. The van der Waals surface area contributed by atoms with Crippen LogP contribution in [0.4, 0.5) is 4.79 Å². The maximum atomic E-state index is 10.6. The van der Waals surface area contributed by atoms with Gasteiger partial charge in [0.05, 0.1) is 0 Å². The second-order valence-corrected chi connectivity index (χ2v) is 2.40. The summed E-state index contributed by atoms with van der Waals surface area (Å²) in [5.41, 5.74) is 0. The minimum Gasteiger partial charge on any atom is -0.431 e. The van der Waals surface area contributed by atoms with E-state index >= 15 is 0 Å². The molecule has 2 heterocycles. The summed E-state index contributed by atoms with van der Waals surface area (Å²) in [5, 5.41) is 0. The maximum Gasteiger partial charge on any atom is 0.508 e. The monoisotopic (exact) mass is 160 g/mol. The first-order valence-corrected chi connectivity index (χ1v) is 3.39. The number of carbonyl (C=O) groups is 1. The van der Waals surface area contributed by atoms with Crippen LogP contribution in [-0.4, -0.2) is 38.4 Å². The molecule has 62 valence electrons. The molecule has 0 unspecified atom stereocenters. The SMILES string of the molecule is O=C1OC[C@@H]2OCO[C@H]2CO1. The second-order valence-electron chi connectivity index (χ2n) is 2.40. The summed E-state index contributed by atoms with van der Waals surface area (Å²) in [5.74, 6) is 0. The van der Waals surface area contributed by atoms with Gasteiger partial charge in [-0.1, -0.05) is 0 Å². The van der Waals surface area contributed by atoms with Gasteiger partial charge in [-0.2, -0.15) is 0 Å². The van der Waals surface area contributed by atoms with Crippen molar-refractivity contribution in [3.8, 4) is 0 Å². The van der Waals surface area contributed by atoms with E-state index in [2.05, 4.69) is 9.47 Å². The lowest BCUT2D eigenvalue weighted by atomic mass is 10.2. The summed E-state index contributed by atoms with van der Waals surface area (Å²) in [6, 6.07) is 0. The van der Waals surface area contributed by atoms with Crippen molar-refractivity contribution >= 4 is 6.16 Å². The first kappa shape index (κ1) is 6.87. The van der Waals surface area contributed by atoms with E-state index in [9.17, 15) is 4.79 Å². The Morgan fingerprint density at radius 3 is 2.18 bits per heavy atom. The summed E-state index contributed by atoms with van der Waals surface area (Å²) in [6.07, 6.45) is -0.950. The van der Waals surface area contributed by atoms with E-state index in [0.29, 0.717) is 0 Å². The highest BCUT2D eigenvalue weighted by molar-refractivity contribution is 5.60. The average molecular weight is 160 g/mol. The summed E-state index contributed by atoms with van der Waals surface area (Å²) >= 11 is 0. The fourth-order valence-corrected chi connectivity index (χ4v) is 1.08. The van der Waals surface area contributed by atoms with Crippen LogP contribution < -0.4 is 0 Å². The molecule has 0 aliphatic carbocycles. The van der Waals surface area contributed by atoms with Crippen LogP contribution in [0.5, 0.6) is 0 Å². The van der Waals surface area contributed by atoms with E-state index in [1.807, 2.05) is 0 Å². The van der Waals surface area contributed by atoms with Gasteiger partial charge in [0, 0.05) is 0 Å². The van der Waals surface area contributed by atoms with Gasteiger partial charge in [-0.25, -0.2) is 4.79 Å². The number of fused-ring (bicyclic) bond motifs is 1. The zero-order valence-electron chi connectivity index (χ0n) is 5.82. The molecule has 0 spiro atoms. The van der Waals surface area contributed by atoms with Crippen molar-refractivity contribution in [2.24, 2.45) is 0 Å². The standard InChI is InChI=1S/C6H8O5/c7-6-8-1-4-5(2-9-6)11-3-10-4/h4-5H,1-3H2/t4-,5-/m0/s1. The highest BCUT2D eigenvalue weighted by Crippen LogP contribution is 2.16. The zero-order valence-corrected chi connectivity index (χ0v) is 5.82. The molecule has 2 atom stereocenters. The molecule has 0 amide bonds. The molecule has 0 bridgehead atoms. The second kappa shape index (κ2) is 2.67. The van der Waals surface area contributed by atoms with Crippen LogP contribution in [0.2, 0.25) is 0 Å². The summed E-state index contributed by atoms with van der Waals surface area (Å²) in [4.78, 5) is 10.6. The lowest BCUT2D eigenvalue weighted by molar-refractivity contribution is -0.00726. The molecular weight excluding hydrogens is 152 g/mol. The van der Waals surface area contributed by atoms with Crippen LogP contribution in [0, 0.1) is 0 Å². The molecule has 2 aliphatic heterocycles. The van der Waals surface area contributed by atoms with Crippen molar-refractivity contribution < 1.29 is 23.7 Å². The Morgan fingerprint density at radius 1 is 1.09 bits per heavy atom. The Morgan fingerprint density at radius 2 is 1.64 bits per heavy atom. The topological polar surface area (TPSA) is 54.0 Å². The Hall–Kier alpha value is -0.810. The molecule has 0 aromatic rings. The minimum atomic E-state index is -0.647. The van der Waals surface area contributed by atoms with Gasteiger partial charge in [-0.3, -0.25) is 0 Å². The lowest BCUT2D eigenvalue weighted by Crippen LogP contribution is -2.27. The number of rotatable bonds is 0. The highest BCUT2D eigenvalue weighted by Gasteiger charge is 2.34. The van der Waals surface area contributed by atoms with Gasteiger partial charge in [-0.15, -0.1) is 0 Å². The Kier molecular flexibility index (Phi) is 1.67. The molecule has 0 aromatic heterocycles. The first-order valence-electron chi connectivity index (χ1n) is 3.39. The summed E-state index contributed by atoms with van der Waals surface area (Å²) in [6.45, 7) is 0.712. The first-order chi connectivity index (χ1) is 5.36. The van der Waals surface area contributed by atoms with E-state index in [1.54, 1.807) is 0 Å². The summed E-state index contributed by atoms with van der Waals surface area (Å²) < 4.78 is 19.5. The van der Waals surface area contributed by atoms with E-state index < -0.39 is 6.16 Å². The van der Waals surface area contributed by atoms with Crippen LogP contribution in [0.25, 0.3) is 0 Å². The summed E-state index contributed by atoms with van der Waals surface area (Å²) in [7, 11) is 0. The average Bonchev–Trinajstić information content (AvgIpc) is 2.38. The van der Waals surface area contributed by atoms with Gasteiger partial charge in [-0.05, 0) is 0 Å². The van der Waals surface area contributed by atoms with Crippen molar-refractivity contribution in [1.29, 1.82) is 0 Å². The van der Waals surface area contributed by atoms with Crippen molar-refractivity contribution in [2.45, 2.75) is 12.2 Å². The molecule has 2 rings (SSSR count). The fraction of sp³-hybridized carbons (Fsp3) is 0.833. The van der Waals surface area contributed by atoms with Crippen LogP contribution in [0.1, 0.15) is 0 Å². The quantitative estimate of drug-likeness (QED) is 0.463. The number of ether oxygens (including phenoxy) is 4. The Labute approximate surface area is 63.2 Å². The molecule has 0 radical (unpaired) electrons. The molecule has 0 saturated carbocycles. The third-order valence-corrected chi connectivity index (χ3v) is 1.71. The number of cyclic esters (lactones) is 2. The molecule has 0 N–H and O–H groups in total. The molecular formula is C6H8O5. The third-order valence-electron chi connectivity index (χ3n) is 1.71. The zero-order chi connectivity index (χ0) is 7.68. The van der Waals surface area contributed by atoms with Crippen LogP contribution in [0.3, 0.4) is 0 Å². The van der Waals surface area contributed by atoms with Gasteiger partial charge in [0.2, 0.25) is 0 Å². The maximum absolute atomic E-state index is 10.6. The molecule has 2 aliphatic rings. The van der Waals surface area contributed by atoms with E-state index in [0.717, 1.165) is 0 Å². The minimum absolute atomic E-state index is 0.151. The van der Waals surface area contributed by atoms with Gasteiger partial charge in [0.25, 0.3) is 0 Å². The molecule has 2 fully saturated rings. The molecule has 5 nitrogen and oxygen atoms in total.